The summed E-state index contributed by atoms with van der Waals surface area (Å²) in [7, 11) is -3.85. The topological polar surface area (TPSA) is 117 Å². The number of hydrogen-bond donors (Lipinski definition) is 1. The molecule has 2 atom stereocenters. The van der Waals surface area contributed by atoms with E-state index < -0.39 is 39.3 Å². The number of rotatable bonds is 15. The van der Waals surface area contributed by atoms with Crippen molar-refractivity contribution in [1.82, 2.24) is 9.55 Å². The number of nitrogens with one attached hydrogen (secondary N) is 1. The van der Waals surface area contributed by atoms with Crippen LogP contribution in [0.25, 0.3) is 0 Å². The van der Waals surface area contributed by atoms with Crippen LogP contribution < -0.4 is 15.7 Å². The average Bonchev–Trinajstić information content (AvgIpc) is 3.07. The zero-order chi connectivity index (χ0) is 32.4. The van der Waals surface area contributed by atoms with Crippen LogP contribution in [0.5, 0.6) is 0 Å². The molecule has 0 spiro atoms. The van der Waals surface area contributed by atoms with Gasteiger partial charge >= 0.3 is 275 Å². The van der Waals surface area contributed by atoms with E-state index in [1.165, 1.54) is 16.8 Å². The SMILES string of the molecule is CS(=O)(=O)OC[C@@H](COC(c1ccccc1)(c1ccccc1)c1ccccc1)O[C@H](C[Se]c1ccccc1)n1ccc(=O)[nH]c1=O. The van der Waals surface area contributed by atoms with Crippen molar-refractivity contribution in [2.24, 2.45) is 0 Å². The molecule has 0 aliphatic heterocycles. The van der Waals surface area contributed by atoms with Gasteiger partial charge in [-0.3, -0.25) is 0 Å². The molecule has 0 unspecified atom stereocenters. The van der Waals surface area contributed by atoms with E-state index in [1.54, 1.807) is 0 Å². The van der Waals surface area contributed by atoms with Crippen molar-refractivity contribution >= 4 is 29.5 Å². The van der Waals surface area contributed by atoms with Crippen LogP contribution in [0.4, 0.5) is 0 Å². The number of aromatic nitrogens is 2. The Morgan fingerprint density at radius 1 is 0.739 bits per heavy atom. The molecular weight excluding hydrogens is 671 g/mol. The first-order chi connectivity index (χ1) is 22.2. The summed E-state index contributed by atoms with van der Waals surface area (Å²) < 4.78 is 45.4. The van der Waals surface area contributed by atoms with E-state index in [0.717, 1.165) is 27.4 Å². The van der Waals surface area contributed by atoms with Crippen LogP contribution in [-0.4, -0.2) is 58.5 Å². The van der Waals surface area contributed by atoms with Gasteiger partial charge in [0.15, 0.2) is 0 Å². The molecule has 9 nitrogen and oxygen atoms in total. The van der Waals surface area contributed by atoms with Gasteiger partial charge in [0.1, 0.15) is 0 Å². The van der Waals surface area contributed by atoms with E-state index in [0.29, 0.717) is 5.32 Å². The Bertz CT molecular complexity index is 1810. The number of benzene rings is 4. The zero-order valence-corrected chi connectivity index (χ0v) is 27.6. The minimum absolute atomic E-state index is 0.110. The predicted octanol–water partition coefficient (Wildman–Crippen LogP) is 3.85. The molecule has 46 heavy (non-hydrogen) atoms. The van der Waals surface area contributed by atoms with Gasteiger partial charge in [0, 0.05) is 0 Å². The Morgan fingerprint density at radius 2 is 1.24 bits per heavy atom. The van der Waals surface area contributed by atoms with Crippen LogP contribution in [0, 0.1) is 0 Å². The molecule has 4 aromatic carbocycles. The number of H-pyrrole nitrogens is 1. The molecule has 1 N–H and O–H groups in total. The van der Waals surface area contributed by atoms with E-state index in [4.69, 9.17) is 13.7 Å². The second-order valence-electron chi connectivity index (χ2n) is 10.4. The maximum atomic E-state index is 12.9. The Balaban J connectivity index is 1.54. The van der Waals surface area contributed by atoms with E-state index >= 15 is 0 Å². The monoisotopic (exact) mass is 706 g/mol. The van der Waals surface area contributed by atoms with Crippen molar-refractivity contribution in [2.45, 2.75) is 23.3 Å². The molecule has 0 aliphatic rings. The average molecular weight is 706 g/mol. The second kappa shape index (κ2) is 15.5. The van der Waals surface area contributed by atoms with Crippen molar-refractivity contribution in [1.29, 1.82) is 0 Å². The van der Waals surface area contributed by atoms with E-state index in [9.17, 15) is 18.0 Å². The molecule has 5 rings (SSSR count). The zero-order valence-electron chi connectivity index (χ0n) is 25.1. The van der Waals surface area contributed by atoms with Crippen LogP contribution in [0.15, 0.2) is 143 Å². The molecular formula is C35H34N2O7SSe. The molecule has 11 heteroatoms. The van der Waals surface area contributed by atoms with Crippen LogP contribution in [0.2, 0.25) is 5.32 Å². The van der Waals surface area contributed by atoms with Gasteiger partial charge in [0.25, 0.3) is 0 Å². The van der Waals surface area contributed by atoms with Crippen molar-refractivity contribution in [2.75, 3.05) is 19.5 Å². The Labute approximate surface area is 274 Å². The van der Waals surface area contributed by atoms with Gasteiger partial charge in [-0.15, -0.1) is 0 Å². The quantitative estimate of drug-likeness (QED) is 0.100. The summed E-state index contributed by atoms with van der Waals surface area (Å²) in [5, 5.41) is 0.402. The van der Waals surface area contributed by atoms with Gasteiger partial charge in [-0.2, -0.15) is 0 Å². The standard InChI is InChI=1S/C35H34N2O7SSe/c1-45(40,41)43-25-30(44-33(26-46-31-20-12-5-13-21-31)37-23-22-32(38)36-34(37)39)24-42-35(27-14-6-2-7-15-27,28-16-8-3-9-17-28)29-18-10-4-11-19-29/h2-23,30,33H,24-26H2,1H3,(H,36,38,39)/t30-,33-/m1/s1. The third-order valence-corrected chi connectivity index (χ3v) is 9.92. The van der Waals surface area contributed by atoms with Gasteiger partial charge in [-0.25, -0.2) is 0 Å². The van der Waals surface area contributed by atoms with Crippen molar-refractivity contribution in [3.63, 3.8) is 0 Å². The molecule has 0 fully saturated rings. The van der Waals surface area contributed by atoms with Crippen molar-refractivity contribution < 1.29 is 22.1 Å². The van der Waals surface area contributed by atoms with E-state index in [1.807, 2.05) is 121 Å². The van der Waals surface area contributed by atoms with Gasteiger partial charge in [-0.05, 0) is 0 Å². The normalized spacial score (nSPS) is 13.2. The fraction of sp³-hybridized carbons (Fsp3) is 0.200. The number of aromatic amines is 1. The van der Waals surface area contributed by atoms with Gasteiger partial charge in [-0.1, -0.05) is 0 Å². The fourth-order valence-corrected chi connectivity index (χ4v) is 7.40. The first-order valence-electron chi connectivity index (χ1n) is 14.5. The van der Waals surface area contributed by atoms with Crippen LogP contribution in [0.1, 0.15) is 22.9 Å². The van der Waals surface area contributed by atoms with Crippen molar-refractivity contribution in [3.05, 3.63) is 171 Å². The third-order valence-electron chi connectivity index (χ3n) is 7.14. The molecule has 0 amide bonds. The molecule has 0 saturated carbocycles. The predicted molar refractivity (Wildman–Crippen MR) is 178 cm³/mol. The molecule has 0 radical (unpaired) electrons. The third kappa shape index (κ3) is 8.58. The molecule has 1 aromatic heterocycles. The number of hydrogen-bond acceptors (Lipinski definition) is 7. The van der Waals surface area contributed by atoms with Gasteiger partial charge < -0.3 is 0 Å². The molecule has 0 aliphatic carbocycles. The summed E-state index contributed by atoms with van der Waals surface area (Å²) in [5.74, 6) is 0. The van der Waals surface area contributed by atoms with E-state index in [-0.39, 0.29) is 28.2 Å². The van der Waals surface area contributed by atoms with Crippen LogP contribution in [0.3, 0.4) is 0 Å². The summed E-state index contributed by atoms with van der Waals surface area (Å²) in [5.41, 5.74) is 0.293. The van der Waals surface area contributed by atoms with Crippen LogP contribution in [-0.2, 0) is 29.4 Å². The van der Waals surface area contributed by atoms with E-state index in [2.05, 4.69) is 4.98 Å². The number of nitrogens with zero attached hydrogens (tertiary/aromatic N) is 1. The maximum absolute atomic E-state index is 12.9. The fourth-order valence-electron chi connectivity index (χ4n) is 5.06. The molecule has 238 valence electrons. The summed E-state index contributed by atoms with van der Waals surface area (Å²) in [4.78, 5) is 27.1. The van der Waals surface area contributed by atoms with Crippen LogP contribution >= 0.6 is 0 Å². The first-order valence-corrected chi connectivity index (χ1v) is 18.4. The Hall–Kier alpha value is -4.09. The molecule has 0 saturated heterocycles. The molecule has 0 bridgehead atoms. The molecule has 5 aromatic rings. The van der Waals surface area contributed by atoms with Gasteiger partial charge in [0.05, 0.1) is 0 Å². The summed E-state index contributed by atoms with van der Waals surface area (Å²) in [6, 6.07) is 40.3. The minimum atomic E-state index is -3.85. The summed E-state index contributed by atoms with van der Waals surface area (Å²) >= 11 is -0.132. The number of ether oxygens (including phenoxy) is 2. The summed E-state index contributed by atoms with van der Waals surface area (Å²) in [6.45, 7) is -0.471. The van der Waals surface area contributed by atoms with Crippen molar-refractivity contribution in [3.8, 4) is 0 Å². The molecule has 1 heterocycles. The first kappa shape index (κ1) is 33.3. The Morgan fingerprint density at radius 3 is 1.72 bits per heavy atom. The van der Waals surface area contributed by atoms with Gasteiger partial charge in [0.2, 0.25) is 0 Å². The Kier molecular flexibility index (Phi) is 11.2. The summed E-state index contributed by atoms with van der Waals surface area (Å²) in [6.07, 6.45) is 0.543. The second-order valence-corrected chi connectivity index (χ2v) is 14.4.